The van der Waals surface area contributed by atoms with Crippen LogP contribution in [0, 0.1) is 11.6 Å². The summed E-state index contributed by atoms with van der Waals surface area (Å²) in [5.41, 5.74) is -0.350. The number of anilines is 1. The van der Waals surface area contributed by atoms with Crippen molar-refractivity contribution in [2.75, 3.05) is 4.72 Å². The summed E-state index contributed by atoms with van der Waals surface area (Å²) in [6.45, 7) is -0.431. The predicted molar refractivity (Wildman–Crippen MR) is 67.4 cm³/mol. The molecule has 1 heterocycles. The maximum Gasteiger partial charge on any atom is 0.263 e. The van der Waals surface area contributed by atoms with Gasteiger partial charge in [-0.3, -0.25) is 4.72 Å². The van der Waals surface area contributed by atoms with Crippen LogP contribution >= 0.6 is 11.3 Å². The zero-order valence-electron chi connectivity index (χ0n) is 9.43. The van der Waals surface area contributed by atoms with E-state index >= 15 is 0 Å². The average molecular weight is 305 g/mol. The molecule has 0 aliphatic rings. The molecule has 0 saturated heterocycles. The molecule has 0 fully saturated rings. The SMILES string of the molecule is O=S(=O)(Nc1ccc(F)cc1F)c1ccsc1CO. The largest absolute Gasteiger partial charge is 0.391 e. The van der Waals surface area contributed by atoms with Crippen LogP contribution < -0.4 is 4.72 Å². The van der Waals surface area contributed by atoms with E-state index in [0.29, 0.717) is 6.07 Å². The molecule has 0 aliphatic carbocycles. The second-order valence-corrected chi connectivity index (χ2v) is 6.25. The van der Waals surface area contributed by atoms with Gasteiger partial charge in [0.15, 0.2) is 0 Å². The molecule has 2 N–H and O–H groups in total. The number of aliphatic hydroxyl groups excluding tert-OH is 1. The van der Waals surface area contributed by atoms with Crippen molar-refractivity contribution in [1.29, 1.82) is 0 Å². The van der Waals surface area contributed by atoms with E-state index in [1.54, 1.807) is 0 Å². The van der Waals surface area contributed by atoms with Gasteiger partial charge in [-0.25, -0.2) is 17.2 Å². The Kier molecular flexibility index (Phi) is 3.83. The number of benzene rings is 1. The maximum absolute atomic E-state index is 13.4. The van der Waals surface area contributed by atoms with Gasteiger partial charge in [0.2, 0.25) is 0 Å². The van der Waals surface area contributed by atoms with Gasteiger partial charge < -0.3 is 5.11 Å². The first-order chi connectivity index (χ1) is 8.94. The molecule has 1 aromatic heterocycles. The van der Waals surface area contributed by atoms with E-state index in [1.807, 2.05) is 4.72 Å². The lowest BCUT2D eigenvalue weighted by molar-refractivity contribution is 0.282. The molecule has 1 aromatic carbocycles. The molecule has 2 aromatic rings. The third-order valence-electron chi connectivity index (χ3n) is 2.31. The van der Waals surface area contributed by atoms with Gasteiger partial charge in [-0.15, -0.1) is 11.3 Å². The Balaban J connectivity index is 2.37. The Morgan fingerprint density at radius 1 is 1.26 bits per heavy atom. The Morgan fingerprint density at radius 3 is 2.63 bits per heavy atom. The molecule has 4 nitrogen and oxygen atoms in total. The fourth-order valence-corrected chi connectivity index (χ4v) is 3.82. The van der Waals surface area contributed by atoms with Crippen molar-refractivity contribution in [2.45, 2.75) is 11.5 Å². The first kappa shape index (κ1) is 13.9. The molecule has 8 heteroatoms. The lowest BCUT2D eigenvalue weighted by Crippen LogP contribution is -2.14. The van der Waals surface area contributed by atoms with Crippen molar-refractivity contribution in [3.8, 4) is 0 Å². The van der Waals surface area contributed by atoms with E-state index in [9.17, 15) is 17.2 Å². The first-order valence-electron chi connectivity index (χ1n) is 5.09. The number of nitrogens with one attached hydrogen (secondary N) is 1. The highest BCUT2D eigenvalue weighted by Crippen LogP contribution is 2.25. The highest BCUT2D eigenvalue weighted by molar-refractivity contribution is 7.93. The molecule has 0 unspecified atom stereocenters. The summed E-state index contributed by atoms with van der Waals surface area (Å²) in [7, 11) is -4.01. The maximum atomic E-state index is 13.4. The summed E-state index contributed by atoms with van der Waals surface area (Å²) in [6.07, 6.45) is 0. The highest BCUT2D eigenvalue weighted by Gasteiger charge is 2.20. The Hall–Kier alpha value is -1.51. The van der Waals surface area contributed by atoms with Crippen LogP contribution in [0.1, 0.15) is 4.88 Å². The molecule has 0 aliphatic heterocycles. The molecule has 0 amide bonds. The predicted octanol–water partition coefficient (Wildman–Crippen LogP) is 2.32. The molecular formula is C11H9F2NO3S2. The molecule has 0 saturated carbocycles. The number of halogens is 2. The molecule has 19 heavy (non-hydrogen) atoms. The van der Waals surface area contributed by atoms with Gasteiger partial charge in [-0.05, 0) is 23.6 Å². The van der Waals surface area contributed by atoms with Gasteiger partial charge in [0.1, 0.15) is 16.5 Å². The van der Waals surface area contributed by atoms with Crippen molar-refractivity contribution in [3.63, 3.8) is 0 Å². The lowest BCUT2D eigenvalue weighted by Gasteiger charge is -2.09. The van der Waals surface area contributed by atoms with Crippen molar-refractivity contribution in [1.82, 2.24) is 0 Å². The second-order valence-electron chi connectivity index (χ2n) is 3.60. The highest BCUT2D eigenvalue weighted by atomic mass is 32.2. The van der Waals surface area contributed by atoms with Gasteiger partial charge in [0.05, 0.1) is 17.2 Å². The van der Waals surface area contributed by atoms with Crippen LogP contribution in [0.4, 0.5) is 14.5 Å². The van der Waals surface area contributed by atoms with Crippen LogP contribution in [0.3, 0.4) is 0 Å². The zero-order chi connectivity index (χ0) is 14.0. The number of thiophene rings is 1. The van der Waals surface area contributed by atoms with Gasteiger partial charge in [-0.2, -0.15) is 0 Å². The molecule has 0 bridgehead atoms. The number of hydrogen-bond donors (Lipinski definition) is 2. The fourth-order valence-electron chi connectivity index (χ4n) is 1.46. The van der Waals surface area contributed by atoms with E-state index in [0.717, 1.165) is 23.5 Å². The number of rotatable bonds is 4. The van der Waals surface area contributed by atoms with E-state index in [-0.39, 0.29) is 15.5 Å². The zero-order valence-corrected chi connectivity index (χ0v) is 11.1. The normalized spacial score (nSPS) is 11.5. The smallest absolute Gasteiger partial charge is 0.263 e. The number of hydrogen-bond acceptors (Lipinski definition) is 4. The standard InChI is InChI=1S/C11H9F2NO3S2/c12-7-1-2-9(8(13)5-7)14-19(16,17)11-3-4-18-10(11)6-15/h1-5,14-15H,6H2. The van der Waals surface area contributed by atoms with E-state index in [4.69, 9.17) is 5.11 Å². The fraction of sp³-hybridized carbons (Fsp3) is 0.0909. The topological polar surface area (TPSA) is 66.4 Å². The molecule has 0 atom stereocenters. The van der Waals surface area contributed by atoms with Crippen molar-refractivity contribution >= 4 is 27.0 Å². The molecule has 2 rings (SSSR count). The summed E-state index contributed by atoms with van der Waals surface area (Å²) in [4.78, 5) is 0.124. The Labute approximate surface area is 112 Å². The van der Waals surface area contributed by atoms with Gasteiger partial charge in [0.25, 0.3) is 10.0 Å². The lowest BCUT2D eigenvalue weighted by atomic mass is 10.3. The summed E-state index contributed by atoms with van der Waals surface area (Å²) in [5.74, 6) is -1.81. The van der Waals surface area contributed by atoms with E-state index < -0.39 is 28.3 Å². The van der Waals surface area contributed by atoms with Crippen LogP contribution in [-0.2, 0) is 16.6 Å². The molecular weight excluding hydrogens is 296 g/mol. The summed E-state index contributed by atoms with van der Waals surface area (Å²) in [5, 5.41) is 10.5. The van der Waals surface area contributed by atoms with Crippen LogP contribution in [-0.4, -0.2) is 13.5 Å². The minimum Gasteiger partial charge on any atom is -0.391 e. The monoisotopic (exact) mass is 305 g/mol. The third kappa shape index (κ3) is 2.91. The summed E-state index contributed by atoms with van der Waals surface area (Å²) in [6, 6.07) is 3.83. The average Bonchev–Trinajstić information content (AvgIpc) is 2.82. The Morgan fingerprint density at radius 2 is 2.00 bits per heavy atom. The Bertz CT molecular complexity index is 698. The molecule has 0 spiro atoms. The van der Waals surface area contributed by atoms with E-state index in [2.05, 4.69) is 0 Å². The van der Waals surface area contributed by atoms with E-state index in [1.165, 1.54) is 11.4 Å². The van der Waals surface area contributed by atoms with Crippen molar-refractivity contribution in [3.05, 3.63) is 46.2 Å². The molecule has 102 valence electrons. The van der Waals surface area contributed by atoms with Crippen LogP contribution in [0.15, 0.2) is 34.5 Å². The van der Waals surface area contributed by atoms with Gasteiger partial charge in [0, 0.05) is 6.07 Å². The van der Waals surface area contributed by atoms with Gasteiger partial charge >= 0.3 is 0 Å². The van der Waals surface area contributed by atoms with Crippen molar-refractivity contribution in [2.24, 2.45) is 0 Å². The first-order valence-corrected chi connectivity index (χ1v) is 7.45. The van der Waals surface area contributed by atoms with Crippen LogP contribution in [0.2, 0.25) is 0 Å². The van der Waals surface area contributed by atoms with Crippen LogP contribution in [0.25, 0.3) is 0 Å². The second kappa shape index (κ2) is 5.24. The quantitative estimate of drug-likeness (QED) is 0.911. The third-order valence-corrected chi connectivity index (χ3v) is 4.80. The van der Waals surface area contributed by atoms with Gasteiger partial charge in [-0.1, -0.05) is 0 Å². The summed E-state index contributed by atoms with van der Waals surface area (Å²) < 4.78 is 52.1. The summed E-state index contributed by atoms with van der Waals surface area (Å²) >= 11 is 1.07. The minimum absolute atomic E-state index is 0.122. The van der Waals surface area contributed by atoms with Crippen molar-refractivity contribution < 1.29 is 22.3 Å². The number of sulfonamides is 1. The van der Waals surface area contributed by atoms with Crippen LogP contribution in [0.5, 0.6) is 0 Å². The molecule has 0 radical (unpaired) electrons. The minimum atomic E-state index is -4.01. The number of aliphatic hydroxyl groups is 1.